The molecule has 0 atom stereocenters. The molecule has 0 saturated heterocycles. The summed E-state index contributed by atoms with van der Waals surface area (Å²) in [6.45, 7) is 16.6. The molecule has 1 N–H and O–H groups in total. The average molecular weight is 498 g/mol. The maximum Gasteiger partial charge on any atom is 0.299 e. The molecule has 158 valence electrons. The van der Waals surface area contributed by atoms with E-state index < -0.39 is 18.0 Å². The maximum atomic E-state index is 11.1. The first kappa shape index (κ1) is 30.9. The van der Waals surface area contributed by atoms with Crippen LogP contribution in [0, 0.1) is 21.3 Å². The zero-order valence-electron chi connectivity index (χ0n) is 17.8. The van der Waals surface area contributed by atoms with Crippen LogP contribution in [-0.4, -0.2) is 33.8 Å². The second-order valence-corrected chi connectivity index (χ2v) is 13.6. The molecule has 0 fully saturated rings. The van der Waals surface area contributed by atoms with Crippen molar-refractivity contribution in [2.24, 2.45) is 0 Å². The molecule has 0 unspecified atom stereocenters. The Morgan fingerprint density at radius 2 is 1.35 bits per heavy atom. The van der Waals surface area contributed by atoms with E-state index in [-0.39, 0.29) is 43.7 Å². The van der Waals surface area contributed by atoms with Crippen molar-refractivity contribution in [3.63, 3.8) is 0 Å². The van der Waals surface area contributed by atoms with Crippen LogP contribution in [0.1, 0.15) is 65.8 Å². The van der Waals surface area contributed by atoms with Crippen molar-refractivity contribution >= 4 is 18.0 Å². The van der Waals surface area contributed by atoms with E-state index in [0.29, 0.717) is 0 Å². The Balaban J connectivity index is -0.000000447. The molecule has 0 aliphatic heterocycles. The first-order chi connectivity index (χ1) is 10.7. The molecule has 0 radical (unpaired) electrons. The SMILES string of the molecule is CCC(C)(C)[PH+](CS(=O)(=O)O)C(C)(C)CC.Cc1cccc(C)n1.[CH3-].[Pd]. The fourth-order valence-corrected chi connectivity index (χ4v) is 9.87. The molecule has 1 heterocycles. The van der Waals surface area contributed by atoms with Gasteiger partial charge in [0.05, 0.1) is 10.3 Å². The third-order valence-corrected chi connectivity index (χ3v) is 11.3. The van der Waals surface area contributed by atoms with Gasteiger partial charge in [-0.3, -0.25) is 9.54 Å². The fourth-order valence-electron chi connectivity index (χ4n) is 2.60. The van der Waals surface area contributed by atoms with E-state index in [9.17, 15) is 8.42 Å². The van der Waals surface area contributed by atoms with E-state index in [1.54, 1.807) is 0 Å². The number of rotatable bonds is 6. The van der Waals surface area contributed by atoms with Gasteiger partial charge in [0.1, 0.15) is 0 Å². The molecular formula is C19H38NO3PPdS. The smallest absolute Gasteiger partial charge is 0.299 e. The standard InChI is InChI=1S/C11H25O3PS.C7H9N.CH3.Pd/c1-7-10(3,4)15(9-16(12,13)14)11(5,6)8-2;1-6-4-3-5-7(2)8-6;;/h7-9H2,1-6H3,(H,12,13,14);3-5H,1-2H3;1H3;/q;;-1;/p+1. The maximum absolute atomic E-state index is 11.1. The minimum atomic E-state index is -3.86. The fraction of sp³-hybridized carbons (Fsp3) is 0.684. The largest absolute Gasteiger partial charge is 0.358 e. The summed E-state index contributed by atoms with van der Waals surface area (Å²) < 4.78 is 31.4. The van der Waals surface area contributed by atoms with E-state index in [0.717, 1.165) is 24.2 Å². The van der Waals surface area contributed by atoms with Crippen LogP contribution in [0.3, 0.4) is 0 Å². The third-order valence-electron chi connectivity index (χ3n) is 4.76. The molecule has 7 heteroatoms. The molecule has 0 bridgehead atoms. The van der Waals surface area contributed by atoms with Gasteiger partial charge in [-0.15, -0.1) is 0 Å². The summed E-state index contributed by atoms with van der Waals surface area (Å²) in [7, 11) is -5.06. The Hall–Kier alpha value is 0.152. The second-order valence-electron chi connectivity index (χ2n) is 7.60. The van der Waals surface area contributed by atoms with Crippen molar-refractivity contribution in [2.45, 2.75) is 78.5 Å². The summed E-state index contributed by atoms with van der Waals surface area (Å²) in [5, 5.41) is 0.0277. The molecule has 0 saturated carbocycles. The minimum absolute atomic E-state index is 0. The molecule has 4 nitrogen and oxygen atoms in total. The first-order valence-corrected chi connectivity index (χ1v) is 11.8. The van der Waals surface area contributed by atoms with E-state index >= 15 is 0 Å². The number of hydrogen-bond acceptors (Lipinski definition) is 3. The van der Waals surface area contributed by atoms with Gasteiger partial charge in [0.25, 0.3) is 10.1 Å². The van der Waals surface area contributed by atoms with Crippen molar-refractivity contribution in [3.05, 3.63) is 37.0 Å². The van der Waals surface area contributed by atoms with Crippen LogP contribution < -0.4 is 0 Å². The summed E-state index contributed by atoms with van der Waals surface area (Å²) in [6, 6.07) is 6.00. The Morgan fingerprint density at radius 1 is 1.00 bits per heavy atom. The molecule has 26 heavy (non-hydrogen) atoms. The van der Waals surface area contributed by atoms with E-state index in [4.69, 9.17) is 4.55 Å². The molecule has 1 aromatic rings. The Bertz CT molecular complexity index is 586. The summed E-state index contributed by atoms with van der Waals surface area (Å²) in [4.78, 5) is 4.17. The second kappa shape index (κ2) is 12.6. The zero-order valence-corrected chi connectivity index (χ0v) is 21.2. The van der Waals surface area contributed by atoms with Crippen LogP contribution in [0.15, 0.2) is 18.2 Å². The number of aryl methyl sites for hydroxylation is 2. The number of pyridine rings is 1. The molecule has 0 spiro atoms. The van der Waals surface area contributed by atoms with Crippen LogP contribution in [0.2, 0.25) is 0 Å². The zero-order chi connectivity index (χ0) is 19.2. The summed E-state index contributed by atoms with van der Waals surface area (Å²) >= 11 is 0. The van der Waals surface area contributed by atoms with Gasteiger partial charge < -0.3 is 7.43 Å². The van der Waals surface area contributed by atoms with Gasteiger partial charge in [-0.25, -0.2) is 0 Å². The van der Waals surface area contributed by atoms with Crippen molar-refractivity contribution < 1.29 is 33.4 Å². The monoisotopic (exact) mass is 497 g/mol. The first-order valence-electron chi connectivity index (χ1n) is 8.47. The van der Waals surface area contributed by atoms with Crippen LogP contribution >= 0.6 is 7.92 Å². The Morgan fingerprint density at radius 3 is 1.54 bits per heavy atom. The van der Waals surface area contributed by atoms with Crippen LogP contribution in [0.5, 0.6) is 0 Å². The topological polar surface area (TPSA) is 67.3 Å². The molecule has 1 aromatic heterocycles. The van der Waals surface area contributed by atoms with Crippen molar-refractivity contribution in [1.29, 1.82) is 0 Å². The third kappa shape index (κ3) is 11.8. The predicted molar refractivity (Wildman–Crippen MR) is 114 cm³/mol. The van der Waals surface area contributed by atoms with Crippen molar-refractivity contribution in [3.8, 4) is 0 Å². The average Bonchev–Trinajstić information content (AvgIpc) is 2.44. The van der Waals surface area contributed by atoms with Crippen molar-refractivity contribution in [1.82, 2.24) is 4.98 Å². The Kier molecular flexibility index (Phi) is 14.9. The predicted octanol–water partition coefficient (Wildman–Crippen LogP) is 5.57. The van der Waals surface area contributed by atoms with Gasteiger partial charge in [0.15, 0.2) is 5.49 Å². The van der Waals surface area contributed by atoms with Gasteiger partial charge in [0.2, 0.25) is 0 Å². The van der Waals surface area contributed by atoms with Crippen LogP contribution in [0.25, 0.3) is 0 Å². The van der Waals surface area contributed by atoms with Gasteiger partial charge in [-0.1, -0.05) is 19.9 Å². The molecule has 0 aliphatic carbocycles. The van der Waals surface area contributed by atoms with Gasteiger partial charge in [-0.05, 0) is 66.5 Å². The molecular weight excluding hydrogens is 460 g/mol. The van der Waals surface area contributed by atoms with Crippen molar-refractivity contribution in [2.75, 3.05) is 5.49 Å². The summed E-state index contributed by atoms with van der Waals surface area (Å²) in [5.41, 5.74) is 2.13. The van der Waals surface area contributed by atoms with Gasteiger partial charge in [-0.2, -0.15) is 8.42 Å². The van der Waals surface area contributed by atoms with Gasteiger partial charge >= 0.3 is 0 Å². The molecule has 1 rings (SSSR count). The number of nitrogens with zero attached hydrogens (tertiary/aromatic N) is 1. The quantitative estimate of drug-likeness (QED) is 0.241. The number of aromatic nitrogens is 1. The summed E-state index contributed by atoms with van der Waals surface area (Å²) in [6.07, 6.45) is 1.89. The molecule has 0 aliphatic rings. The van der Waals surface area contributed by atoms with Gasteiger partial charge in [0, 0.05) is 39.7 Å². The van der Waals surface area contributed by atoms with E-state index in [2.05, 4.69) is 46.5 Å². The van der Waals surface area contributed by atoms with E-state index in [1.807, 2.05) is 32.0 Å². The number of hydrogen-bond donors (Lipinski definition) is 1. The summed E-state index contributed by atoms with van der Waals surface area (Å²) in [5.74, 6) is 0. The van der Waals surface area contributed by atoms with E-state index in [1.165, 1.54) is 0 Å². The normalized spacial score (nSPS) is 11.8. The van der Waals surface area contributed by atoms with Crippen LogP contribution in [0.4, 0.5) is 0 Å². The molecule has 0 amide bonds. The Labute approximate surface area is 177 Å². The minimum Gasteiger partial charge on any atom is -0.358 e. The molecule has 0 aromatic carbocycles. The van der Waals surface area contributed by atoms with Crippen LogP contribution in [-0.2, 0) is 30.5 Å².